The third-order valence-corrected chi connectivity index (χ3v) is 1.98. The zero-order valence-electron chi connectivity index (χ0n) is 7.07. The molecule has 1 heterocycles. The van der Waals surface area contributed by atoms with Gasteiger partial charge in [-0.2, -0.15) is 5.11 Å². The van der Waals surface area contributed by atoms with E-state index in [4.69, 9.17) is 0 Å². The van der Waals surface area contributed by atoms with Gasteiger partial charge in [-0.15, -0.1) is 0 Å². The molecule has 0 saturated carbocycles. The summed E-state index contributed by atoms with van der Waals surface area (Å²) in [6, 6.07) is 1.31. The molecule has 3 heteroatoms. The van der Waals surface area contributed by atoms with Crippen molar-refractivity contribution in [1.29, 1.82) is 0 Å². The van der Waals surface area contributed by atoms with Crippen LogP contribution in [0.4, 0.5) is 0 Å². The molecule has 0 amide bonds. The van der Waals surface area contributed by atoms with Gasteiger partial charge in [-0.1, -0.05) is 5.22 Å². The lowest BCUT2D eigenvalue weighted by atomic mass is 10.1. The quantitative estimate of drug-likeness (QED) is 0.547. The van der Waals surface area contributed by atoms with Crippen molar-refractivity contribution in [3.05, 3.63) is 0 Å². The summed E-state index contributed by atoms with van der Waals surface area (Å²) in [5.41, 5.74) is 0. The van der Waals surface area contributed by atoms with Gasteiger partial charge in [0.05, 0.1) is 12.1 Å². The highest BCUT2D eigenvalue weighted by Crippen LogP contribution is 2.18. The van der Waals surface area contributed by atoms with Gasteiger partial charge in [0.25, 0.3) is 0 Å². The van der Waals surface area contributed by atoms with Crippen LogP contribution in [0.5, 0.6) is 0 Å². The van der Waals surface area contributed by atoms with Gasteiger partial charge < -0.3 is 0 Å². The average Bonchev–Trinajstić information content (AvgIpc) is 2.14. The summed E-state index contributed by atoms with van der Waals surface area (Å²) < 4.78 is 0. The summed E-state index contributed by atoms with van der Waals surface area (Å²) in [6.07, 6.45) is 0. The maximum Gasteiger partial charge on any atom is 0.0919 e. The normalized spacial score (nSPS) is 32.3. The summed E-state index contributed by atoms with van der Waals surface area (Å²) in [7, 11) is 0. The van der Waals surface area contributed by atoms with Crippen LogP contribution in [0.15, 0.2) is 10.3 Å². The SMILES string of the molecule is CC1N=NN(C(C)C)C1C. The van der Waals surface area contributed by atoms with Crippen molar-refractivity contribution in [3.63, 3.8) is 0 Å². The minimum Gasteiger partial charge on any atom is -0.271 e. The monoisotopic (exact) mass is 141 g/mol. The predicted octanol–water partition coefficient (Wildman–Crippen LogP) is 1.85. The van der Waals surface area contributed by atoms with Crippen molar-refractivity contribution < 1.29 is 0 Å². The molecule has 0 aliphatic carbocycles. The fourth-order valence-corrected chi connectivity index (χ4v) is 1.11. The summed E-state index contributed by atoms with van der Waals surface area (Å²) in [5.74, 6) is 0. The zero-order chi connectivity index (χ0) is 7.72. The Kier molecular flexibility index (Phi) is 1.92. The van der Waals surface area contributed by atoms with E-state index in [-0.39, 0.29) is 0 Å². The Bertz CT molecular complexity index is 142. The lowest BCUT2D eigenvalue weighted by Crippen LogP contribution is -2.35. The molecule has 58 valence electrons. The molecule has 0 N–H and O–H groups in total. The Hall–Kier alpha value is -0.600. The average molecular weight is 141 g/mol. The number of hydrogen-bond acceptors (Lipinski definition) is 3. The van der Waals surface area contributed by atoms with Crippen LogP contribution in [0.2, 0.25) is 0 Å². The molecule has 0 aromatic heterocycles. The fraction of sp³-hybridized carbons (Fsp3) is 1.00. The number of rotatable bonds is 1. The Morgan fingerprint density at radius 3 is 2.10 bits per heavy atom. The second-order valence-electron chi connectivity index (χ2n) is 3.16. The van der Waals surface area contributed by atoms with Crippen LogP contribution < -0.4 is 0 Å². The van der Waals surface area contributed by atoms with Gasteiger partial charge in [0.15, 0.2) is 0 Å². The maximum absolute atomic E-state index is 4.07. The van der Waals surface area contributed by atoms with E-state index >= 15 is 0 Å². The topological polar surface area (TPSA) is 28.0 Å². The van der Waals surface area contributed by atoms with Crippen molar-refractivity contribution in [2.24, 2.45) is 10.3 Å². The van der Waals surface area contributed by atoms with Crippen LogP contribution >= 0.6 is 0 Å². The Morgan fingerprint density at radius 1 is 1.30 bits per heavy atom. The molecule has 3 nitrogen and oxygen atoms in total. The van der Waals surface area contributed by atoms with E-state index in [0.717, 1.165) is 0 Å². The molecule has 1 rings (SSSR count). The summed E-state index contributed by atoms with van der Waals surface area (Å²) >= 11 is 0. The fourth-order valence-electron chi connectivity index (χ4n) is 1.11. The van der Waals surface area contributed by atoms with Gasteiger partial charge in [0.2, 0.25) is 0 Å². The first-order valence-corrected chi connectivity index (χ1v) is 3.82. The van der Waals surface area contributed by atoms with Crippen molar-refractivity contribution in [2.45, 2.75) is 45.8 Å². The van der Waals surface area contributed by atoms with E-state index in [1.54, 1.807) is 0 Å². The van der Waals surface area contributed by atoms with Crippen molar-refractivity contribution in [1.82, 2.24) is 5.01 Å². The van der Waals surface area contributed by atoms with E-state index in [1.807, 2.05) is 5.01 Å². The Labute approximate surface area is 62.1 Å². The minimum absolute atomic E-state index is 0.363. The molecule has 10 heavy (non-hydrogen) atoms. The Balaban J connectivity index is 2.58. The molecule has 1 aliphatic heterocycles. The van der Waals surface area contributed by atoms with E-state index in [1.165, 1.54) is 0 Å². The van der Waals surface area contributed by atoms with Gasteiger partial charge in [-0.05, 0) is 27.7 Å². The highest BCUT2D eigenvalue weighted by atomic mass is 15.6. The molecule has 1 aliphatic rings. The van der Waals surface area contributed by atoms with Crippen molar-refractivity contribution in [3.8, 4) is 0 Å². The first-order chi connectivity index (χ1) is 4.63. The first-order valence-electron chi connectivity index (χ1n) is 3.82. The van der Waals surface area contributed by atoms with E-state index < -0.39 is 0 Å². The second-order valence-corrected chi connectivity index (χ2v) is 3.16. The van der Waals surface area contributed by atoms with Crippen LogP contribution in [-0.2, 0) is 0 Å². The van der Waals surface area contributed by atoms with Gasteiger partial charge in [0.1, 0.15) is 0 Å². The molecule has 2 unspecified atom stereocenters. The van der Waals surface area contributed by atoms with E-state index in [0.29, 0.717) is 18.1 Å². The molecular weight excluding hydrogens is 126 g/mol. The van der Waals surface area contributed by atoms with Crippen molar-refractivity contribution >= 4 is 0 Å². The summed E-state index contributed by atoms with van der Waals surface area (Å²) in [5, 5.41) is 10.2. The molecule has 0 aromatic rings. The van der Waals surface area contributed by atoms with Gasteiger partial charge >= 0.3 is 0 Å². The van der Waals surface area contributed by atoms with E-state index in [2.05, 4.69) is 38.0 Å². The zero-order valence-corrected chi connectivity index (χ0v) is 7.07. The van der Waals surface area contributed by atoms with Crippen LogP contribution in [0.3, 0.4) is 0 Å². The van der Waals surface area contributed by atoms with Crippen LogP contribution in [0.25, 0.3) is 0 Å². The first kappa shape index (κ1) is 7.51. The lowest BCUT2D eigenvalue weighted by molar-refractivity contribution is 0.188. The predicted molar refractivity (Wildman–Crippen MR) is 40.8 cm³/mol. The lowest BCUT2D eigenvalue weighted by Gasteiger charge is -2.23. The Morgan fingerprint density at radius 2 is 1.90 bits per heavy atom. The van der Waals surface area contributed by atoms with Gasteiger partial charge in [-0.3, -0.25) is 5.01 Å². The molecule has 0 aromatic carbocycles. The number of nitrogens with zero attached hydrogens (tertiary/aromatic N) is 3. The minimum atomic E-state index is 0.363. The third kappa shape index (κ3) is 1.13. The largest absolute Gasteiger partial charge is 0.271 e. The van der Waals surface area contributed by atoms with Crippen molar-refractivity contribution in [2.75, 3.05) is 0 Å². The standard InChI is InChI=1S/C7H15N3/c1-5(2)10-7(4)6(3)8-9-10/h5-7H,1-4H3. The van der Waals surface area contributed by atoms with Crippen LogP contribution in [-0.4, -0.2) is 23.1 Å². The molecule has 0 saturated heterocycles. The van der Waals surface area contributed by atoms with Gasteiger partial charge in [0, 0.05) is 6.04 Å². The smallest absolute Gasteiger partial charge is 0.0919 e. The van der Waals surface area contributed by atoms with Crippen LogP contribution in [0.1, 0.15) is 27.7 Å². The highest BCUT2D eigenvalue weighted by Gasteiger charge is 2.26. The molecular formula is C7H15N3. The molecule has 0 radical (unpaired) electrons. The second kappa shape index (κ2) is 2.56. The van der Waals surface area contributed by atoms with E-state index in [9.17, 15) is 0 Å². The maximum atomic E-state index is 4.07. The molecule has 0 spiro atoms. The van der Waals surface area contributed by atoms with Crippen LogP contribution in [0, 0.1) is 0 Å². The number of hydrogen-bond donors (Lipinski definition) is 0. The molecule has 0 bridgehead atoms. The van der Waals surface area contributed by atoms with Gasteiger partial charge in [-0.25, -0.2) is 0 Å². The highest BCUT2D eigenvalue weighted by molar-refractivity contribution is 4.80. The molecule has 0 fully saturated rings. The summed E-state index contributed by atoms with van der Waals surface area (Å²) in [6.45, 7) is 8.52. The molecule has 2 atom stereocenters. The third-order valence-electron chi connectivity index (χ3n) is 1.98. The summed E-state index contributed by atoms with van der Waals surface area (Å²) in [4.78, 5) is 0.